The van der Waals surface area contributed by atoms with Crippen molar-refractivity contribution in [3.63, 3.8) is 0 Å². The first-order valence-corrected chi connectivity index (χ1v) is 11.4. The predicted octanol–water partition coefficient (Wildman–Crippen LogP) is 6.15. The van der Waals surface area contributed by atoms with Gasteiger partial charge in [0.15, 0.2) is 0 Å². The molecule has 30 heavy (non-hydrogen) atoms. The molecule has 2 aromatic carbocycles. The number of anilines is 2. The van der Waals surface area contributed by atoms with Crippen LogP contribution in [0.2, 0.25) is 5.02 Å². The van der Waals surface area contributed by atoms with E-state index in [1.165, 1.54) is 23.5 Å². The van der Waals surface area contributed by atoms with Crippen LogP contribution in [0.4, 0.5) is 24.7 Å². The number of halogens is 4. The minimum atomic E-state index is -0.504. The van der Waals surface area contributed by atoms with E-state index >= 15 is 0 Å². The number of aromatic nitrogens is 1. The van der Waals surface area contributed by atoms with Gasteiger partial charge in [-0.2, -0.15) is 0 Å². The Bertz CT molecular complexity index is 1030. The normalized spacial score (nSPS) is 13.9. The van der Waals surface area contributed by atoms with Crippen LogP contribution >= 0.6 is 34.9 Å². The lowest BCUT2D eigenvalue weighted by Gasteiger charge is -2.31. The smallest absolute Gasteiger partial charge is 0.147 e. The molecule has 1 aliphatic heterocycles. The van der Waals surface area contributed by atoms with E-state index in [0.29, 0.717) is 28.5 Å². The highest BCUT2D eigenvalue weighted by Gasteiger charge is 2.21. The Labute approximate surface area is 185 Å². The molecule has 0 aliphatic carbocycles. The number of nitrogens with one attached hydrogen (secondary N) is 2. The summed E-state index contributed by atoms with van der Waals surface area (Å²) in [4.78, 5) is 6.42. The van der Waals surface area contributed by atoms with Gasteiger partial charge in [-0.3, -0.25) is 4.90 Å². The zero-order chi connectivity index (χ0) is 21.1. The zero-order valence-electron chi connectivity index (χ0n) is 15.7. The summed E-state index contributed by atoms with van der Waals surface area (Å²) >= 11 is 8.78. The highest BCUT2D eigenvalue weighted by atomic mass is 35.5. The molecule has 1 saturated heterocycles. The molecule has 1 aliphatic rings. The SMILES string of the molecule is Fc1cc(NCc2c(F)ccc(F)c2CN2CCC2)c(Cl)cc1SNc1cscn1. The van der Waals surface area contributed by atoms with Crippen molar-refractivity contribution >= 4 is 46.4 Å². The van der Waals surface area contributed by atoms with Gasteiger partial charge in [0.2, 0.25) is 0 Å². The molecular weight excluding hydrogens is 453 g/mol. The summed E-state index contributed by atoms with van der Waals surface area (Å²) in [5, 5.41) is 5.02. The van der Waals surface area contributed by atoms with Crippen LogP contribution in [0.1, 0.15) is 17.5 Å². The summed E-state index contributed by atoms with van der Waals surface area (Å²) in [6, 6.07) is 4.98. The van der Waals surface area contributed by atoms with Crippen LogP contribution in [-0.4, -0.2) is 23.0 Å². The molecule has 4 rings (SSSR count). The average Bonchev–Trinajstić information content (AvgIpc) is 3.21. The molecule has 0 radical (unpaired) electrons. The maximum Gasteiger partial charge on any atom is 0.147 e. The summed E-state index contributed by atoms with van der Waals surface area (Å²) < 4.78 is 46.2. The van der Waals surface area contributed by atoms with Crippen molar-refractivity contribution in [3.05, 3.63) is 68.8 Å². The lowest BCUT2D eigenvalue weighted by Crippen LogP contribution is -2.37. The third-order valence-corrected chi connectivity index (χ3v) is 6.57. The third-order valence-electron chi connectivity index (χ3n) is 4.82. The Morgan fingerprint density at radius 2 is 1.87 bits per heavy atom. The van der Waals surface area contributed by atoms with Crippen molar-refractivity contribution in [3.8, 4) is 0 Å². The van der Waals surface area contributed by atoms with Crippen molar-refractivity contribution < 1.29 is 13.2 Å². The van der Waals surface area contributed by atoms with Crippen molar-refractivity contribution in [2.45, 2.75) is 24.4 Å². The van der Waals surface area contributed by atoms with Crippen LogP contribution in [0.25, 0.3) is 0 Å². The highest BCUT2D eigenvalue weighted by Crippen LogP contribution is 2.32. The monoisotopic (exact) mass is 470 g/mol. The van der Waals surface area contributed by atoms with E-state index in [1.54, 1.807) is 10.9 Å². The first-order chi connectivity index (χ1) is 14.5. The lowest BCUT2D eigenvalue weighted by molar-refractivity contribution is 0.169. The largest absolute Gasteiger partial charge is 0.380 e. The molecule has 0 bridgehead atoms. The fourth-order valence-corrected chi connectivity index (χ4v) is 4.57. The van der Waals surface area contributed by atoms with Crippen molar-refractivity contribution in [2.75, 3.05) is 23.1 Å². The summed E-state index contributed by atoms with van der Waals surface area (Å²) in [7, 11) is 0. The van der Waals surface area contributed by atoms with E-state index in [9.17, 15) is 13.2 Å². The Kier molecular flexibility index (Phi) is 6.72. The fraction of sp³-hybridized carbons (Fsp3) is 0.250. The summed E-state index contributed by atoms with van der Waals surface area (Å²) in [6.45, 7) is 2.08. The summed E-state index contributed by atoms with van der Waals surface area (Å²) in [5.41, 5.74) is 2.52. The van der Waals surface area contributed by atoms with E-state index < -0.39 is 17.5 Å². The molecule has 4 nitrogen and oxygen atoms in total. The van der Waals surface area contributed by atoms with Gasteiger partial charge in [0.05, 0.1) is 21.1 Å². The minimum Gasteiger partial charge on any atom is -0.380 e. The quantitative estimate of drug-likeness (QED) is 0.386. The molecule has 0 amide bonds. The Balaban J connectivity index is 1.48. The van der Waals surface area contributed by atoms with Gasteiger partial charge < -0.3 is 10.0 Å². The Morgan fingerprint density at radius 3 is 2.53 bits per heavy atom. The molecule has 2 N–H and O–H groups in total. The van der Waals surface area contributed by atoms with Gasteiger partial charge >= 0.3 is 0 Å². The zero-order valence-corrected chi connectivity index (χ0v) is 18.1. The van der Waals surface area contributed by atoms with E-state index in [2.05, 4.69) is 19.9 Å². The minimum absolute atomic E-state index is 0.00447. The second kappa shape index (κ2) is 9.47. The van der Waals surface area contributed by atoms with E-state index in [4.69, 9.17) is 11.6 Å². The average molecular weight is 471 g/mol. The fourth-order valence-electron chi connectivity index (χ4n) is 3.06. The molecule has 158 valence electrons. The van der Waals surface area contributed by atoms with Crippen LogP contribution in [0.5, 0.6) is 0 Å². The summed E-state index contributed by atoms with van der Waals surface area (Å²) in [5.74, 6) is -0.818. The molecule has 1 aromatic heterocycles. The van der Waals surface area contributed by atoms with Gasteiger partial charge in [0.1, 0.15) is 23.3 Å². The van der Waals surface area contributed by atoms with Gasteiger partial charge in [-0.05, 0) is 55.7 Å². The predicted molar refractivity (Wildman–Crippen MR) is 117 cm³/mol. The van der Waals surface area contributed by atoms with E-state index in [0.717, 1.165) is 43.6 Å². The van der Waals surface area contributed by atoms with Gasteiger partial charge in [-0.15, -0.1) is 11.3 Å². The van der Waals surface area contributed by atoms with Gasteiger partial charge in [-0.25, -0.2) is 18.2 Å². The third kappa shape index (κ3) is 4.85. The maximum atomic E-state index is 14.5. The number of hydrogen-bond acceptors (Lipinski definition) is 6. The van der Waals surface area contributed by atoms with E-state index in [-0.39, 0.29) is 17.1 Å². The summed E-state index contributed by atoms with van der Waals surface area (Å²) in [6.07, 6.45) is 1.06. The maximum absolute atomic E-state index is 14.5. The van der Waals surface area contributed by atoms with Crippen LogP contribution in [0.3, 0.4) is 0 Å². The van der Waals surface area contributed by atoms with Gasteiger partial charge in [0.25, 0.3) is 0 Å². The number of thiazole rings is 1. The molecule has 0 spiro atoms. The van der Waals surface area contributed by atoms with Crippen molar-refractivity contribution in [2.24, 2.45) is 0 Å². The lowest BCUT2D eigenvalue weighted by atomic mass is 10.0. The van der Waals surface area contributed by atoms with Gasteiger partial charge in [0, 0.05) is 29.6 Å². The molecule has 0 saturated carbocycles. The van der Waals surface area contributed by atoms with Gasteiger partial charge in [-0.1, -0.05) is 11.6 Å². The second-order valence-electron chi connectivity index (χ2n) is 6.81. The molecule has 0 atom stereocenters. The number of benzene rings is 2. The molecule has 3 aromatic rings. The van der Waals surface area contributed by atoms with E-state index in [1.807, 2.05) is 0 Å². The molecule has 10 heteroatoms. The number of likely N-dealkylation sites (tertiary alicyclic amines) is 1. The van der Waals surface area contributed by atoms with Crippen molar-refractivity contribution in [1.82, 2.24) is 9.88 Å². The first kappa shape index (κ1) is 21.3. The van der Waals surface area contributed by atoms with Crippen LogP contribution in [0.15, 0.2) is 40.1 Å². The molecular formula is C20H18ClF3N4S2. The standard InChI is InChI=1S/C20H18ClF3N4S2/c21-14-6-19(30-27-20-10-29-11-26-20)17(24)7-18(14)25-8-12-13(9-28-4-1-5-28)16(23)3-2-15(12)22/h2-3,6-7,10-11,25,27H,1,4-5,8-9H2. The van der Waals surface area contributed by atoms with Crippen LogP contribution in [0, 0.1) is 17.5 Å². The molecule has 0 unspecified atom stereocenters. The number of rotatable bonds is 8. The highest BCUT2D eigenvalue weighted by molar-refractivity contribution is 8.00. The topological polar surface area (TPSA) is 40.2 Å². The first-order valence-electron chi connectivity index (χ1n) is 9.23. The van der Waals surface area contributed by atoms with Crippen LogP contribution in [-0.2, 0) is 13.1 Å². The van der Waals surface area contributed by atoms with Crippen LogP contribution < -0.4 is 10.0 Å². The molecule has 2 heterocycles. The molecule has 1 fully saturated rings. The number of nitrogens with zero attached hydrogens (tertiary/aromatic N) is 2. The second-order valence-corrected chi connectivity index (χ2v) is 8.78. The Hall–Kier alpha value is -1.94. The van der Waals surface area contributed by atoms with Crippen molar-refractivity contribution in [1.29, 1.82) is 0 Å². The Morgan fingerprint density at radius 1 is 1.10 bits per heavy atom. The number of hydrogen-bond donors (Lipinski definition) is 2.